The van der Waals surface area contributed by atoms with Crippen molar-refractivity contribution in [1.82, 2.24) is 9.97 Å². The van der Waals surface area contributed by atoms with E-state index in [1.807, 2.05) is 6.92 Å². The molecule has 5 nitrogen and oxygen atoms in total. The number of anilines is 2. The van der Waals surface area contributed by atoms with E-state index in [2.05, 4.69) is 22.2 Å². The number of nitrogens with one attached hydrogen (secondary N) is 1. The van der Waals surface area contributed by atoms with Crippen molar-refractivity contribution in [3.05, 3.63) is 11.9 Å². The first-order valence-electron chi connectivity index (χ1n) is 6.56. The van der Waals surface area contributed by atoms with Gasteiger partial charge >= 0.3 is 0 Å². The lowest BCUT2D eigenvalue weighted by Gasteiger charge is -2.38. The van der Waals surface area contributed by atoms with Crippen molar-refractivity contribution in [2.45, 2.75) is 39.7 Å². The third-order valence-corrected chi connectivity index (χ3v) is 3.48. The third-order valence-electron chi connectivity index (χ3n) is 3.48. The summed E-state index contributed by atoms with van der Waals surface area (Å²) >= 11 is 0. The minimum absolute atomic E-state index is 0.410. The highest BCUT2D eigenvalue weighted by molar-refractivity contribution is 5.44. The molecule has 0 atom stereocenters. The predicted molar refractivity (Wildman–Crippen MR) is 72.2 cm³/mol. The molecule has 0 radical (unpaired) electrons. The summed E-state index contributed by atoms with van der Waals surface area (Å²) in [6.07, 6.45) is 3.90. The Morgan fingerprint density at radius 1 is 1.44 bits per heavy atom. The van der Waals surface area contributed by atoms with Crippen LogP contribution in [-0.4, -0.2) is 23.1 Å². The molecule has 18 heavy (non-hydrogen) atoms. The van der Waals surface area contributed by atoms with Gasteiger partial charge < -0.3 is 15.8 Å². The molecule has 2 rings (SSSR count). The van der Waals surface area contributed by atoms with Crippen LogP contribution in [0.1, 0.15) is 38.9 Å². The van der Waals surface area contributed by atoms with Crippen molar-refractivity contribution in [1.29, 1.82) is 0 Å². The van der Waals surface area contributed by atoms with Crippen LogP contribution in [0, 0.1) is 5.41 Å². The van der Waals surface area contributed by atoms with Gasteiger partial charge in [-0.1, -0.05) is 13.3 Å². The molecule has 1 saturated carbocycles. The molecule has 0 unspecified atom stereocenters. The van der Waals surface area contributed by atoms with Gasteiger partial charge in [0.2, 0.25) is 0 Å². The maximum Gasteiger partial charge on any atom is 0.158 e. The molecule has 1 heterocycles. The lowest BCUT2D eigenvalue weighted by Crippen LogP contribution is -2.33. The van der Waals surface area contributed by atoms with Gasteiger partial charge in [0, 0.05) is 19.2 Å². The molecular weight excluding hydrogens is 228 g/mol. The minimum Gasteiger partial charge on any atom is -0.384 e. The number of nitrogens with zero attached hydrogens (tertiary/aromatic N) is 2. The summed E-state index contributed by atoms with van der Waals surface area (Å²) < 4.78 is 5.30. The molecule has 0 bridgehead atoms. The summed E-state index contributed by atoms with van der Waals surface area (Å²) in [5, 5.41) is 3.36. The van der Waals surface area contributed by atoms with E-state index >= 15 is 0 Å². The molecule has 100 valence electrons. The smallest absolute Gasteiger partial charge is 0.158 e. The second kappa shape index (κ2) is 5.52. The summed E-state index contributed by atoms with van der Waals surface area (Å²) in [7, 11) is 0. The first-order chi connectivity index (χ1) is 8.61. The predicted octanol–water partition coefficient (Wildman–Crippen LogP) is 2.20. The van der Waals surface area contributed by atoms with Crippen LogP contribution in [0.4, 0.5) is 11.6 Å². The van der Waals surface area contributed by atoms with Crippen molar-refractivity contribution in [2.75, 3.05) is 24.2 Å². The van der Waals surface area contributed by atoms with E-state index in [-0.39, 0.29) is 0 Å². The van der Waals surface area contributed by atoms with Gasteiger partial charge in [-0.15, -0.1) is 0 Å². The van der Waals surface area contributed by atoms with Gasteiger partial charge in [-0.3, -0.25) is 0 Å². The Balaban J connectivity index is 1.96. The van der Waals surface area contributed by atoms with Crippen LogP contribution in [0.25, 0.3) is 0 Å². The van der Waals surface area contributed by atoms with E-state index in [9.17, 15) is 0 Å². The largest absolute Gasteiger partial charge is 0.384 e. The molecule has 1 aromatic heterocycles. The Hall–Kier alpha value is -1.36. The quantitative estimate of drug-likeness (QED) is 0.809. The molecule has 3 N–H and O–H groups in total. The molecular formula is C13H22N4O. The number of nitrogens with two attached hydrogens (primary N) is 1. The number of rotatable bonds is 6. The van der Waals surface area contributed by atoms with Crippen LogP contribution in [-0.2, 0) is 11.3 Å². The fraction of sp³-hybridized carbons (Fsp3) is 0.692. The third kappa shape index (κ3) is 3.32. The summed E-state index contributed by atoms with van der Waals surface area (Å²) in [5.41, 5.74) is 6.19. The summed E-state index contributed by atoms with van der Waals surface area (Å²) in [6, 6.07) is 1.78. The zero-order valence-electron chi connectivity index (χ0n) is 11.2. The normalized spacial score (nSPS) is 17.2. The first-order valence-corrected chi connectivity index (χ1v) is 6.56. The van der Waals surface area contributed by atoms with E-state index in [0.717, 1.165) is 12.4 Å². The summed E-state index contributed by atoms with van der Waals surface area (Å²) in [6.45, 7) is 6.25. The van der Waals surface area contributed by atoms with Gasteiger partial charge in [-0.05, 0) is 25.2 Å². The summed E-state index contributed by atoms with van der Waals surface area (Å²) in [5.74, 6) is 1.92. The van der Waals surface area contributed by atoms with Gasteiger partial charge in [0.05, 0.1) is 0 Å². The Kier molecular flexibility index (Phi) is 4.01. The molecule has 1 aliphatic rings. The van der Waals surface area contributed by atoms with Crippen LogP contribution in [0.5, 0.6) is 0 Å². The van der Waals surface area contributed by atoms with Crippen LogP contribution in [0.2, 0.25) is 0 Å². The highest BCUT2D eigenvalue weighted by Crippen LogP contribution is 2.40. The van der Waals surface area contributed by atoms with E-state index < -0.39 is 0 Å². The van der Waals surface area contributed by atoms with Crippen molar-refractivity contribution in [2.24, 2.45) is 5.41 Å². The molecule has 1 fully saturated rings. The van der Waals surface area contributed by atoms with Crippen LogP contribution < -0.4 is 11.1 Å². The van der Waals surface area contributed by atoms with Crippen molar-refractivity contribution in [3.63, 3.8) is 0 Å². The second-order valence-electron chi connectivity index (χ2n) is 5.25. The standard InChI is InChI=1S/C13H22N4O/c1-3-18-8-12-16-10(14)7-11(17-12)15-9-13(2)5-4-6-13/h7H,3-6,8-9H2,1-2H3,(H3,14,15,16,17). The van der Waals surface area contributed by atoms with Gasteiger partial charge in [0.25, 0.3) is 0 Å². The zero-order chi connectivity index (χ0) is 13.0. The Morgan fingerprint density at radius 2 is 2.22 bits per heavy atom. The summed E-state index contributed by atoms with van der Waals surface area (Å²) in [4.78, 5) is 8.56. The Labute approximate surface area is 108 Å². The average Bonchev–Trinajstić information content (AvgIpc) is 2.31. The van der Waals surface area contributed by atoms with Crippen molar-refractivity contribution >= 4 is 11.6 Å². The van der Waals surface area contributed by atoms with Crippen LogP contribution in [0.3, 0.4) is 0 Å². The molecule has 1 aliphatic carbocycles. The Bertz CT molecular complexity index is 404. The van der Waals surface area contributed by atoms with Crippen LogP contribution >= 0.6 is 0 Å². The monoisotopic (exact) mass is 250 g/mol. The van der Waals surface area contributed by atoms with E-state index in [1.165, 1.54) is 19.3 Å². The topological polar surface area (TPSA) is 73.1 Å². The van der Waals surface area contributed by atoms with Crippen molar-refractivity contribution in [3.8, 4) is 0 Å². The lowest BCUT2D eigenvalue weighted by molar-refractivity contribution is 0.128. The second-order valence-corrected chi connectivity index (χ2v) is 5.25. The zero-order valence-corrected chi connectivity index (χ0v) is 11.2. The molecule has 0 saturated heterocycles. The molecule has 1 aromatic rings. The van der Waals surface area contributed by atoms with Gasteiger partial charge in [-0.2, -0.15) is 0 Å². The van der Waals surface area contributed by atoms with Crippen molar-refractivity contribution < 1.29 is 4.74 Å². The van der Waals surface area contributed by atoms with E-state index in [1.54, 1.807) is 6.07 Å². The maximum absolute atomic E-state index is 5.77. The number of nitrogen functional groups attached to an aromatic ring is 1. The highest BCUT2D eigenvalue weighted by Gasteiger charge is 2.31. The molecule has 5 heteroatoms. The highest BCUT2D eigenvalue weighted by atomic mass is 16.5. The number of hydrogen-bond donors (Lipinski definition) is 2. The fourth-order valence-electron chi connectivity index (χ4n) is 2.13. The minimum atomic E-state index is 0.410. The lowest BCUT2D eigenvalue weighted by atomic mass is 9.70. The average molecular weight is 250 g/mol. The Morgan fingerprint density at radius 3 is 2.83 bits per heavy atom. The number of aromatic nitrogens is 2. The number of ether oxygens (including phenoxy) is 1. The van der Waals surface area contributed by atoms with Gasteiger partial charge in [0.1, 0.15) is 18.2 Å². The number of hydrogen-bond acceptors (Lipinski definition) is 5. The molecule has 0 aliphatic heterocycles. The van der Waals surface area contributed by atoms with Crippen LogP contribution in [0.15, 0.2) is 6.07 Å². The molecule has 0 spiro atoms. The van der Waals surface area contributed by atoms with Gasteiger partial charge in [0.15, 0.2) is 5.82 Å². The van der Waals surface area contributed by atoms with Gasteiger partial charge in [-0.25, -0.2) is 9.97 Å². The van der Waals surface area contributed by atoms with E-state index in [0.29, 0.717) is 30.3 Å². The van der Waals surface area contributed by atoms with E-state index in [4.69, 9.17) is 10.5 Å². The SMILES string of the molecule is CCOCc1nc(N)cc(NCC2(C)CCC2)n1. The first kappa shape index (κ1) is 13.1. The fourth-order valence-corrected chi connectivity index (χ4v) is 2.13. The molecule has 0 aromatic carbocycles. The maximum atomic E-state index is 5.77. The molecule has 0 amide bonds.